The number of carboxylic acids is 1. The standard InChI is InChI=1S/C12H13BrN2O3/c13-8-6-7(12(17)18)3-4-9(8)15-11(16)10-2-1-5-14-10/h3-4,6,10,14H,1-2,5H2,(H,15,16)(H,17,18)/t10-/m1/s1. The van der Waals surface area contributed by atoms with Gasteiger partial charge in [0.05, 0.1) is 17.3 Å². The van der Waals surface area contributed by atoms with E-state index >= 15 is 0 Å². The lowest BCUT2D eigenvalue weighted by atomic mass is 10.2. The number of benzene rings is 1. The van der Waals surface area contributed by atoms with Gasteiger partial charge in [-0.25, -0.2) is 4.79 Å². The van der Waals surface area contributed by atoms with Crippen LogP contribution in [-0.4, -0.2) is 29.6 Å². The Hall–Kier alpha value is -1.40. The van der Waals surface area contributed by atoms with Gasteiger partial charge in [0.2, 0.25) is 5.91 Å². The molecule has 0 radical (unpaired) electrons. The first-order chi connectivity index (χ1) is 8.58. The summed E-state index contributed by atoms with van der Waals surface area (Å²) < 4.78 is 0.564. The molecule has 2 rings (SSSR count). The number of rotatable bonds is 3. The van der Waals surface area contributed by atoms with Crippen molar-refractivity contribution in [1.29, 1.82) is 0 Å². The number of nitrogens with one attached hydrogen (secondary N) is 2. The van der Waals surface area contributed by atoms with E-state index in [2.05, 4.69) is 26.6 Å². The summed E-state index contributed by atoms with van der Waals surface area (Å²) in [7, 11) is 0. The highest BCUT2D eigenvalue weighted by atomic mass is 79.9. The van der Waals surface area contributed by atoms with Crippen LogP contribution in [0.25, 0.3) is 0 Å². The van der Waals surface area contributed by atoms with Crippen molar-refractivity contribution in [2.45, 2.75) is 18.9 Å². The normalized spacial score (nSPS) is 18.6. The largest absolute Gasteiger partial charge is 0.478 e. The Morgan fingerprint density at radius 2 is 2.22 bits per heavy atom. The number of halogens is 1. The van der Waals surface area contributed by atoms with E-state index in [1.54, 1.807) is 6.07 Å². The van der Waals surface area contributed by atoms with Crippen molar-refractivity contribution in [2.24, 2.45) is 0 Å². The molecule has 1 saturated heterocycles. The molecule has 1 heterocycles. The van der Waals surface area contributed by atoms with Gasteiger partial charge in [-0.15, -0.1) is 0 Å². The maximum Gasteiger partial charge on any atom is 0.335 e. The second-order valence-corrected chi connectivity index (χ2v) is 4.99. The minimum absolute atomic E-state index is 0.0868. The van der Waals surface area contributed by atoms with Crippen molar-refractivity contribution < 1.29 is 14.7 Å². The molecule has 1 amide bonds. The van der Waals surface area contributed by atoms with Crippen LogP contribution in [0.15, 0.2) is 22.7 Å². The van der Waals surface area contributed by atoms with E-state index in [1.807, 2.05) is 0 Å². The number of hydrogen-bond donors (Lipinski definition) is 3. The molecule has 0 aliphatic carbocycles. The van der Waals surface area contributed by atoms with E-state index in [1.165, 1.54) is 12.1 Å². The maximum absolute atomic E-state index is 11.9. The molecule has 96 valence electrons. The number of anilines is 1. The Bertz CT molecular complexity index is 484. The molecule has 0 aromatic heterocycles. The average molecular weight is 313 g/mol. The summed E-state index contributed by atoms with van der Waals surface area (Å²) in [5.41, 5.74) is 0.762. The first kappa shape index (κ1) is 13.0. The Kier molecular flexibility index (Phi) is 3.98. The molecular weight excluding hydrogens is 300 g/mol. The Morgan fingerprint density at radius 1 is 1.44 bits per heavy atom. The molecule has 1 aromatic rings. The summed E-state index contributed by atoms with van der Waals surface area (Å²) >= 11 is 3.25. The lowest BCUT2D eigenvalue weighted by Gasteiger charge is -2.12. The second-order valence-electron chi connectivity index (χ2n) is 4.14. The predicted molar refractivity (Wildman–Crippen MR) is 70.8 cm³/mol. The number of aromatic carboxylic acids is 1. The Labute approximate surface area is 113 Å². The van der Waals surface area contributed by atoms with Crippen molar-refractivity contribution in [3.8, 4) is 0 Å². The molecule has 1 fully saturated rings. The Morgan fingerprint density at radius 3 is 2.78 bits per heavy atom. The summed E-state index contributed by atoms with van der Waals surface area (Å²) in [5.74, 6) is -1.08. The van der Waals surface area contributed by atoms with Crippen molar-refractivity contribution in [2.75, 3.05) is 11.9 Å². The van der Waals surface area contributed by atoms with E-state index in [-0.39, 0.29) is 17.5 Å². The topological polar surface area (TPSA) is 78.4 Å². The molecule has 18 heavy (non-hydrogen) atoms. The molecule has 6 heteroatoms. The zero-order valence-electron chi connectivity index (χ0n) is 9.57. The molecule has 5 nitrogen and oxygen atoms in total. The molecule has 3 N–H and O–H groups in total. The van der Waals surface area contributed by atoms with Crippen LogP contribution < -0.4 is 10.6 Å². The van der Waals surface area contributed by atoms with Gasteiger partial charge in [0.15, 0.2) is 0 Å². The summed E-state index contributed by atoms with van der Waals surface area (Å²) in [5, 5.41) is 14.7. The maximum atomic E-state index is 11.9. The fourth-order valence-corrected chi connectivity index (χ4v) is 2.36. The predicted octanol–water partition coefficient (Wildman–Crippen LogP) is 1.84. The lowest BCUT2D eigenvalue weighted by molar-refractivity contribution is -0.117. The first-order valence-corrected chi connectivity index (χ1v) is 6.44. The van der Waals surface area contributed by atoms with Gasteiger partial charge in [-0.1, -0.05) is 0 Å². The average Bonchev–Trinajstić information content (AvgIpc) is 2.85. The van der Waals surface area contributed by atoms with Gasteiger partial charge >= 0.3 is 5.97 Å². The molecule has 1 atom stereocenters. The third-order valence-corrected chi connectivity index (χ3v) is 3.51. The highest BCUT2D eigenvalue weighted by Gasteiger charge is 2.22. The van der Waals surface area contributed by atoms with E-state index in [4.69, 9.17) is 5.11 Å². The van der Waals surface area contributed by atoms with Crippen LogP contribution in [-0.2, 0) is 4.79 Å². The van der Waals surface area contributed by atoms with Crippen LogP contribution >= 0.6 is 15.9 Å². The van der Waals surface area contributed by atoms with Gasteiger partial charge in [0.25, 0.3) is 0 Å². The fraction of sp³-hybridized carbons (Fsp3) is 0.333. The van der Waals surface area contributed by atoms with Crippen molar-refractivity contribution in [1.82, 2.24) is 5.32 Å². The number of amides is 1. The summed E-state index contributed by atoms with van der Waals surface area (Å²) in [6.07, 6.45) is 1.83. The second kappa shape index (κ2) is 5.49. The molecule has 1 aromatic carbocycles. The van der Waals surface area contributed by atoms with Crippen LogP contribution in [0.3, 0.4) is 0 Å². The van der Waals surface area contributed by atoms with Gasteiger partial charge in [0, 0.05) is 4.47 Å². The molecule has 0 spiro atoms. The fourth-order valence-electron chi connectivity index (χ4n) is 1.88. The number of carboxylic acid groups (broad SMARTS) is 1. The highest BCUT2D eigenvalue weighted by Crippen LogP contribution is 2.24. The van der Waals surface area contributed by atoms with Gasteiger partial charge in [0.1, 0.15) is 0 Å². The van der Waals surface area contributed by atoms with E-state index in [0.29, 0.717) is 10.2 Å². The molecule has 0 saturated carbocycles. The lowest BCUT2D eigenvalue weighted by Crippen LogP contribution is -2.35. The van der Waals surface area contributed by atoms with Crippen LogP contribution in [0.4, 0.5) is 5.69 Å². The number of hydrogen-bond acceptors (Lipinski definition) is 3. The Balaban J connectivity index is 2.09. The molecular formula is C12H13BrN2O3. The first-order valence-electron chi connectivity index (χ1n) is 5.65. The molecule has 1 aliphatic heterocycles. The van der Waals surface area contributed by atoms with Crippen LogP contribution in [0.1, 0.15) is 23.2 Å². The molecule has 0 unspecified atom stereocenters. The monoisotopic (exact) mass is 312 g/mol. The summed E-state index contributed by atoms with van der Waals surface area (Å²) in [4.78, 5) is 22.7. The summed E-state index contributed by atoms with van der Waals surface area (Å²) in [6, 6.07) is 4.36. The van der Waals surface area contributed by atoms with E-state index < -0.39 is 5.97 Å². The van der Waals surface area contributed by atoms with Gasteiger partial charge < -0.3 is 15.7 Å². The van der Waals surface area contributed by atoms with Gasteiger partial charge in [-0.2, -0.15) is 0 Å². The minimum Gasteiger partial charge on any atom is -0.478 e. The van der Waals surface area contributed by atoms with E-state index in [9.17, 15) is 9.59 Å². The third-order valence-electron chi connectivity index (χ3n) is 2.85. The number of carbonyl (C=O) groups excluding carboxylic acids is 1. The molecule has 0 bridgehead atoms. The highest BCUT2D eigenvalue weighted by molar-refractivity contribution is 9.10. The van der Waals surface area contributed by atoms with Crippen LogP contribution in [0.5, 0.6) is 0 Å². The smallest absolute Gasteiger partial charge is 0.335 e. The SMILES string of the molecule is O=C(O)c1ccc(NC(=O)[C@H]2CCCN2)c(Br)c1. The van der Waals surface area contributed by atoms with Crippen molar-refractivity contribution in [3.05, 3.63) is 28.2 Å². The molecule has 1 aliphatic rings. The summed E-state index contributed by atoms with van der Waals surface area (Å²) in [6.45, 7) is 0.858. The van der Waals surface area contributed by atoms with Crippen molar-refractivity contribution in [3.63, 3.8) is 0 Å². The van der Waals surface area contributed by atoms with Gasteiger partial charge in [-0.3, -0.25) is 4.79 Å². The zero-order valence-corrected chi connectivity index (χ0v) is 11.2. The van der Waals surface area contributed by atoms with Crippen LogP contribution in [0.2, 0.25) is 0 Å². The van der Waals surface area contributed by atoms with Crippen LogP contribution in [0, 0.1) is 0 Å². The quantitative estimate of drug-likeness (QED) is 0.795. The van der Waals surface area contributed by atoms with E-state index in [0.717, 1.165) is 19.4 Å². The zero-order chi connectivity index (χ0) is 13.1. The van der Waals surface area contributed by atoms with Gasteiger partial charge in [-0.05, 0) is 53.5 Å². The third kappa shape index (κ3) is 2.88. The number of carbonyl (C=O) groups is 2. The minimum atomic E-state index is -0.994. The van der Waals surface area contributed by atoms with Crippen molar-refractivity contribution >= 4 is 33.5 Å².